The number of pyridine rings is 1. The van der Waals surface area contributed by atoms with Crippen molar-refractivity contribution in [3.05, 3.63) is 47.1 Å². The van der Waals surface area contributed by atoms with Crippen molar-refractivity contribution in [1.29, 1.82) is 0 Å². The second-order valence-corrected chi connectivity index (χ2v) is 7.54. The summed E-state index contributed by atoms with van der Waals surface area (Å²) < 4.78 is 47.8. The third-order valence-electron chi connectivity index (χ3n) is 3.80. The molecule has 0 saturated heterocycles. The van der Waals surface area contributed by atoms with Gasteiger partial charge in [0.1, 0.15) is 10.8 Å². The highest BCUT2D eigenvalue weighted by Gasteiger charge is 2.36. The van der Waals surface area contributed by atoms with Crippen LogP contribution in [0, 0.1) is 0 Å². The van der Waals surface area contributed by atoms with Crippen molar-refractivity contribution in [2.24, 2.45) is 0 Å². The third kappa shape index (κ3) is 4.07. The molecule has 7 nitrogen and oxygen atoms in total. The van der Waals surface area contributed by atoms with Crippen LogP contribution in [0.1, 0.15) is 36.8 Å². The van der Waals surface area contributed by atoms with Gasteiger partial charge in [0.15, 0.2) is 11.3 Å². The van der Waals surface area contributed by atoms with Gasteiger partial charge >= 0.3 is 18.2 Å². The van der Waals surface area contributed by atoms with Crippen LogP contribution >= 0.6 is 11.6 Å². The zero-order valence-electron chi connectivity index (χ0n) is 15.4. The van der Waals surface area contributed by atoms with Gasteiger partial charge in [0, 0.05) is 29.7 Å². The molecule has 0 fully saturated rings. The number of carbonyl (C=O) groups is 2. The van der Waals surface area contributed by atoms with Gasteiger partial charge in [0.25, 0.3) is 0 Å². The summed E-state index contributed by atoms with van der Waals surface area (Å²) in [7, 11) is 0. The van der Waals surface area contributed by atoms with Crippen molar-refractivity contribution in [2.75, 3.05) is 0 Å². The number of rotatable bonds is 2. The van der Waals surface area contributed by atoms with Gasteiger partial charge in [0.2, 0.25) is 0 Å². The first kappa shape index (κ1) is 20.7. The van der Waals surface area contributed by atoms with E-state index in [4.69, 9.17) is 21.4 Å². The van der Waals surface area contributed by atoms with E-state index < -0.39 is 45.9 Å². The number of hydrogen-bond donors (Lipinski definition) is 1. The van der Waals surface area contributed by atoms with E-state index in [2.05, 4.69) is 4.98 Å². The standard InChI is InChI=1S/C18H15ClF3N3O4/c1-17(2,3)29-16(28)24-5-4-9(7-24)10-6-11(18(20,21)22)14-23-12(15(26)27)13(19)25(14)8-10/h4-8H,1-3H3,(H,26,27). The molecule has 0 unspecified atom stereocenters. The number of ether oxygens (including phenoxy) is 1. The number of fused-ring (bicyclic) bond motifs is 1. The van der Waals surface area contributed by atoms with Crippen molar-refractivity contribution < 1.29 is 32.6 Å². The van der Waals surface area contributed by atoms with Crippen LogP contribution in [0.25, 0.3) is 16.8 Å². The first-order valence-corrected chi connectivity index (χ1v) is 8.59. The summed E-state index contributed by atoms with van der Waals surface area (Å²) in [5, 5.41) is 8.64. The van der Waals surface area contributed by atoms with Crippen molar-refractivity contribution in [2.45, 2.75) is 32.5 Å². The van der Waals surface area contributed by atoms with Gasteiger partial charge in [-0.2, -0.15) is 13.2 Å². The molecule has 0 spiro atoms. The summed E-state index contributed by atoms with van der Waals surface area (Å²) >= 11 is 5.93. The van der Waals surface area contributed by atoms with E-state index in [9.17, 15) is 22.8 Å². The topological polar surface area (TPSA) is 85.8 Å². The lowest BCUT2D eigenvalue weighted by molar-refractivity contribution is -0.136. The number of imidazole rings is 1. The van der Waals surface area contributed by atoms with E-state index in [1.54, 1.807) is 20.8 Å². The van der Waals surface area contributed by atoms with Crippen molar-refractivity contribution in [3.63, 3.8) is 0 Å². The molecule has 0 atom stereocenters. The van der Waals surface area contributed by atoms with Crippen LogP contribution in [0.3, 0.4) is 0 Å². The van der Waals surface area contributed by atoms with Crippen molar-refractivity contribution in [3.8, 4) is 11.1 Å². The fourth-order valence-corrected chi connectivity index (χ4v) is 2.87. The smallest absolute Gasteiger partial charge is 0.420 e. The minimum absolute atomic E-state index is 0.0587. The molecule has 0 saturated carbocycles. The van der Waals surface area contributed by atoms with E-state index in [0.717, 1.165) is 15.0 Å². The van der Waals surface area contributed by atoms with E-state index in [0.29, 0.717) is 0 Å². The molecule has 0 aliphatic rings. The number of alkyl halides is 3. The van der Waals surface area contributed by atoms with Gasteiger partial charge in [0.05, 0.1) is 5.56 Å². The molecule has 0 bridgehead atoms. The average molecular weight is 430 g/mol. The van der Waals surface area contributed by atoms with Crippen LogP contribution < -0.4 is 0 Å². The van der Waals surface area contributed by atoms with Crippen LogP contribution in [0.5, 0.6) is 0 Å². The molecule has 29 heavy (non-hydrogen) atoms. The molecular formula is C18H15ClF3N3O4. The van der Waals surface area contributed by atoms with Crippen molar-refractivity contribution in [1.82, 2.24) is 14.0 Å². The average Bonchev–Trinajstić information content (AvgIpc) is 3.17. The molecule has 0 aliphatic heterocycles. The Labute approximate surface area is 167 Å². The number of hydrogen-bond acceptors (Lipinski definition) is 4. The van der Waals surface area contributed by atoms with Crippen LogP contribution in [0.2, 0.25) is 5.15 Å². The summed E-state index contributed by atoms with van der Waals surface area (Å²) in [5.41, 5.74) is -2.90. The predicted molar refractivity (Wildman–Crippen MR) is 97.2 cm³/mol. The molecule has 0 aromatic carbocycles. The van der Waals surface area contributed by atoms with Crippen LogP contribution in [0.15, 0.2) is 30.7 Å². The Morgan fingerprint density at radius 1 is 1.17 bits per heavy atom. The summed E-state index contributed by atoms with van der Waals surface area (Å²) in [4.78, 5) is 26.9. The fraction of sp³-hybridized carbons (Fsp3) is 0.278. The van der Waals surface area contributed by atoms with E-state index in [-0.39, 0.29) is 11.1 Å². The molecule has 3 heterocycles. The maximum atomic E-state index is 13.6. The summed E-state index contributed by atoms with van der Waals surface area (Å²) in [5.74, 6) is -1.55. The van der Waals surface area contributed by atoms with E-state index in [1.165, 1.54) is 24.7 Å². The van der Waals surface area contributed by atoms with Gasteiger partial charge in [-0.3, -0.25) is 8.97 Å². The summed E-state index contributed by atoms with van der Waals surface area (Å²) in [6, 6.07) is 2.24. The maximum absolute atomic E-state index is 13.6. The highest BCUT2D eigenvalue weighted by molar-refractivity contribution is 6.32. The van der Waals surface area contributed by atoms with Gasteiger partial charge in [-0.15, -0.1) is 0 Å². The molecular weight excluding hydrogens is 415 g/mol. The monoisotopic (exact) mass is 429 g/mol. The molecule has 11 heteroatoms. The van der Waals surface area contributed by atoms with Crippen molar-refractivity contribution >= 4 is 29.3 Å². The number of carbonyl (C=O) groups excluding carboxylic acids is 1. The highest BCUT2D eigenvalue weighted by Crippen LogP contribution is 2.37. The van der Waals surface area contributed by atoms with Crippen LogP contribution in [-0.2, 0) is 10.9 Å². The Hall–Kier alpha value is -3.01. The minimum Gasteiger partial charge on any atom is -0.476 e. The lowest BCUT2D eigenvalue weighted by atomic mass is 10.1. The Bertz CT molecular complexity index is 1130. The third-order valence-corrected chi connectivity index (χ3v) is 4.16. The maximum Gasteiger partial charge on any atom is 0.420 e. The lowest BCUT2D eigenvalue weighted by Crippen LogP contribution is -2.26. The van der Waals surface area contributed by atoms with Gasteiger partial charge < -0.3 is 9.84 Å². The number of carboxylic acids is 1. The van der Waals surface area contributed by atoms with Gasteiger partial charge in [-0.25, -0.2) is 14.6 Å². The largest absolute Gasteiger partial charge is 0.476 e. The molecule has 3 rings (SSSR count). The fourth-order valence-electron chi connectivity index (χ4n) is 2.62. The molecule has 1 N–H and O–H groups in total. The first-order chi connectivity index (χ1) is 13.3. The zero-order valence-corrected chi connectivity index (χ0v) is 16.2. The SMILES string of the molecule is CC(C)(C)OC(=O)n1ccc(-c2cc(C(F)(F)F)c3nc(C(=O)O)c(Cl)n3c2)c1. The number of carboxylic acid groups (broad SMARTS) is 1. The summed E-state index contributed by atoms with van der Waals surface area (Å²) in [6.07, 6.45) is -1.64. The number of halogens is 4. The molecule has 3 aromatic rings. The minimum atomic E-state index is -4.81. The normalized spacial score (nSPS) is 12.4. The Kier molecular flexibility index (Phi) is 4.86. The van der Waals surface area contributed by atoms with E-state index in [1.807, 2.05) is 0 Å². The Balaban J connectivity index is 2.15. The first-order valence-electron chi connectivity index (χ1n) is 8.22. The number of aromatic nitrogens is 3. The molecule has 154 valence electrons. The summed E-state index contributed by atoms with van der Waals surface area (Å²) in [6.45, 7) is 5.04. The lowest BCUT2D eigenvalue weighted by Gasteiger charge is -2.19. The predicted octanol–water partition coefficient (Wildman–Crippen LogP) is 4.96. The highest BCUT2D eigenvalue weighted by atomic mass is 35.5. The zero-order chi connectivity index (χ0) is 21.7. The van der Waals surface area contributed by atoms with E-state index >= 15 is 0 Å². The Morgan fingerprint density at radius 2 is 1.83 bits per heavy atom. The molecule has 0 aliphatic carbocycles. The number of nitrogens with zero attached hydrogens (tertiary/aromatic N) is 3. The second-order valence-electron chi connectivity index (χ2n) is 7.18. The quantitative estimate of drug-likeness (QED) is 0.622. The molecule has 0 amide bonds. The molecule has 0 radical (unpaired) electrons. The van der Waals surface area contributed by atoms with Crippen LogP contribution in [0.4, 0.5) is 18.0 Å². The van der Waals surface area contributed by atoms with Gasteiger partial charge in [-0.1, -0.05) is 11.6 Å². The molecule has 3 aromatic heterocycles. The second kappa shape index (κ2) is 6.80. The number of aromatic carboxylic acids is 1. The van der Waals surface area contributed by atoms with Gasteiger partial charge in [-0.05, 0) is 32.9 Å². The Morgan fingerprint density at radius 3 is 2.38 bits per heavy atom. The van der Waals surface area contributed by atoms with Crippen LogP contribution in [-0.4, -0.2) is 36.7 Å².